The molecule has 7 heteroatoms. The van der Waals surface area contributed by atoms with Crippen molar-refractivity contribution in [3.63, 3.8) is 0 Å². The fourth-order valence-electron chi connectivity index (χ4n) is 2.18. The van der Waals surface area contributed by atoms with E-state index in [1.54, 1.807) is 18.2 Å². The summed E-state index contributed by atoms with van der Waals surface area (Å²) in [6.07, 6.45) is 3.02. The number of amides is 2. The molecule has 0 atom stereocenters. The molecule has 2 amide bonds. The molecule has 5 nitrogen and oxygen atoms in total. The van der Waals surface area contributed by atoms with Crippen LogP contribution in [0.5, 0.6) is 0 Å². The van der Waals surface area contributed by atoms with E-state index in [1.807, 2.05) is 13.8 Å². The maximum absolute atomic E-state index is 12.3. The molecular weight excluding hydrogens is 349 g/mol. The number of carbonyl (C=O) groups is 2. The number of benzene rings is 1. The topological polar surface area (TPSA) is 70.2 Å². The van der Waals surface area contributed by atoms with E-state index in [0.717, 1.165) is 19.5 Å². The molecule has 1 aliphatic heterocycles. The minimum atomic E-state index is -0.241. The molecule has 0 unspecified atom stereocenters. The SMILES string of the molecule is CC(C)C(=O)Nc1ccc(Cl)c(C(=O)NCC2=CCNCC2)c1.Cl. The summed E-state index contributed by atoms with van der Waals surface area (Å²) < 4.78 is 0. The summed E-state index contributed by atoms with van der Waals surface area (Å²) in [5.74, 6) is -0.469. The third-order valence-corrected chi connectivity index (χ3v) is 3.97. The summed E-state index contributed by atoms with van der Waals surface area (Å²) in [6, 6.07) is 4.92. The summed E-state index contributed by atoms with van der Waals surface area (Å²) >= 11 is 6.11. The molecule has 0 spiro atoms. The summed E-state index contributed by atoms with van der Waals surface area (Å²) in [6.45, 7) is 5.90. The Labute approximate surface area is 153 Å². The first-order valence-electron chi connectivity index (χ1n) is 7.74. The van der Waals surface area contributed by atoms with Gasteiger partial charge in [0, 0.05) is 24.7 Å². The van der Waals surface area contributed by atoms with Crippen molar-refractivity contribution in [1.82, 2.24) is 10.6 Å². The molecule has 132 valence electrons. The second-order valence-corrected chi connectivity index (χ2v) is 6.24. The molecule has 1 heterocycles. The Kier molecular flexibility index (Phi) is 8.25. The van der Waals surface area contributed by atoms with Gasteiger partial charge in [-0.3, -0.25) is 9.59 Å². The van der Waals surface area contributed by atoms with Crippen LogP contribution in [0.15, 0.2) is 29.8 Å². The number of hydrogen-bond acceptors (Lipinski definition) is 3. The van der Waals surface area contributed by atoms with Crippen LogP contribution >= 0.6 is 24.0 Å². The van der Waals surface area contributed by atoms with E-state index >= 15 is 0 Å². The number of nitrogens with one attached hydrogen (secondary N) is 3. The molecule has 1 aromatic carbocycles. The smallest absolute Gasteiger partial charge is 0.253 e. The second kappa shape index (κ2) is 9.67. The first-order valence-corrected chi connectivity index (χ1v) is 8.12. The van der Waals surface area contributed by atoms with Crippen molar-refractivity contribution in [1.29, 1.82) is 0 Å². The van der Waals surface area contributed by atoms with Crippen molar-refractivity contribution >= 4 is 41.5 Å². The Balaban J connectivity index is 0.00000288. The van der Waals surface area contributed by atoms with Gasteiger partial charge >= 0.3 is 0 Å². The minimum Gasteiger partial charge on any atom is -0.348 e. The number of halogens is 2. The van der Waals surface area contributed by atoms with Crippen LogP contribution in [0.3, 0.4) is 0 Å². The van der Waals surface area contributed by atoms with Gasteiger partial charge in [0.25, 0.3) is 5.91 Å². The number of carbonyl (C=O) groups excluding carboxylic acids is 2. The number of hydrogen-bond donors (Lipinski definition) is 3. The highest BCUT2D eigenvalue weighted by Gasteiger charge is 2.14. The number of anilines is 1. The molecule has 1 aliphatic rings. The number of rotatable bonds is 5. The van der Waals surface area contributed by atoms with Crippen molar-refractivity contribution < 1.29 is 9.59 Å². The summed E-state index contributed by atoms with van der Waals surface area (Å²) in [4.78, 5) is 24.1. The van der Waals surface area contributed by atoms with Crippen molar-refractivity contribution in [2.24, 2.45) is 5.92 Å². The molecule has 3 N–H and O–H groups in total. The van der Waals surface area contributed by atoms with E-state index in [9.17, 15) is 9.59 Å². The van der Waals surface area contributed by atoms with Gasteiger partial charge in [0.2, 0.25) is 5.91 Å². The van der Waals surface area contributed by atoms with E-state index in [0.29, 0.717) is 22.8 Å². The first kappa shape index (κ1) is 20.5. The van der Waals surface area contributed by atoms with Gasteiger partial charge in [-0.05, 0) is 31.2 Å². The molecule has 2 rings (SSSR count). The highest BCUT2D eigenvalue weighted by atomic mass is 35.5. The molecular formula is C17H23Cl2N3O2. The maximum Gasteiger partial charge on any atom is 0.253 e. The molecule has 0 saturated heterocycles. The molecule has 0 aromatic heterocycles. The van der Waals surface area contributed by atoms with Crippen molar-refractivity contribution in [3.05, 3.63) is 40.4 Å². The molecule has 1 aromatic rings. The van der Waals surface area contributed by atoms with E-state index in [4.69, 9.17) is 11.6 Å². The molecule has 0 radical (unpaired) electrons. The van der Waals surface area contributed by atoms with Crippen LogP contribution in [0.1, 0.15) is 30.6 Å². The van der Waals surface area contributed by atoms with Crippen molar-refractivity contribution in [3.8, 4) is 0 Å². The zero-order valence-corrected chi connectivity index (χ0v) is 15.4. The monoisotopic (exact) mass is 371 g/mol. The summed E-state index contributed by atoms with van der Waals surface area (Å²) in [5, 5.41) is 9.25. The van der Waals surface area contributed by atoms with Gasteiger partial charge in [0.15, 0.2) is 0 Å². The second-order valence-electron chi connectivity index (χ2n) is 5.84. The lowest BCUT2D eigenvalue weighted by molar-refractivity contribution is -0.118. The van der Waals surface area contributed by atoms with Gasteiger partial charge < -0.3 is 16.0 Å². The van der Waals surface area contributed by atoms with Crippen LogP contribution in [0.25, 0.3) is 0 Å². The highest BCUT2D eigenvalue weighted by molar-refractivity contribution is 6.34. The molecule has 24 heavy (non-hydrogen) atoms. The van der Waals surface area contributed by atoms with Gasteiger partial charge in [-0.1, -0.05) is 37.1 Å². The van der Waals surface area contributed by atoms with E-state index in [-0.39, 0.29) is 30.1 Å². The molecule has 0 aliphatic carbocycles. The predicted molar refractivity (Wildman–Crippen MR) is 100 cm³/mol. The van der Waals surface area contributed by atoms with E-state index < -0.39 is 0 Å². The van der Waals surface area contributed by atoms with Gasteiger partial charge in [-0.15, -0.1) is 12.4 Å². The Morgan fingerprint density at radius 3 is 2.71 bits per heavy atom. The van der Waals surface area contributed by atoms with Crippen LogP contribution in [0, 0.1) is 5.92 Å². The first-order chi connectivity index (χ1) is 11.0. The van der Waals surface area contributed by atoms with Crippen LogP contribution < -0.4 is 16.0 Å². The van der Waals surface area contributed by atoms with Gasteiger partial charge in [0.1, 0.15) is 0 Å². The third kappa shape index (κ3) is 5.82. The standard InChI is InChI=1S/C17H22ClN3O2.ClH/c1-11(2)16(22)21-13-3-4-15(18)14(9-13)17(23)20-10-12-5-7-19-8-6-12;/h3-5,9,11,19H,6-8,10H2,1-2H3,(H,20,23)(H,21,22);1H. The maximum atomic E-state index is 12.3. The molecule has 0 bridgehead atoms. The van der Waals surface area contributed by atoms with Gasteiger partial charge in [0.05, 0.1) is 10.6 Å². The largest absolute Gasteiger partial charge is 0.348 e. The highest BCUT2D eigenvalue weighted by Crippen LogP contribution is 2.21. The molecule has 0 fully saturated rings. The average molecular weight is 372 g/mol. The average Bonchev–Trinajstić information content (AvgIpc) is 2.55. The lowest BCUT2D eigenvalue weighted by Gasteiger charge is -2.15. The van der Waals surface area contributed by atoms with Crippen LogP contribution in [0.4, 0.5) is 5.69 Å². The fraction of sp³-hybridized carbons (Fsp3) is 0.412. The van der Waals surface area contributed by atoms with E-state index in [1.165, 1.54) is 5.57 Å². The lowest BCUT2D eigenvalue weighted by atomic mass is 10.1. The Morgan fingerprint density at radius 2 is 2.08 bits per heavy atom. The Bertz CT molecular complexity index is 630. The summed E-state index contributed by atoms with van der Waals surface area (Å²) in [5.41, 5.74) is 2.14. The van der Waals surface area contributed by atoms with Crippen LogP contribution in [0.2, 0.25) is 5.02 Å². The van der Waals surface area contributed by atoms with Crippen LogP contribution in [-0.2, 0) is 4.79 Å². The van der Waals surface area contributed by atoms with Crippen molar-refractivity contribution in [2.75, 3.05) is 25.0 Å². The Hall–Kier alpha value is -1.56. The predicted octanol–water partition coefficient (Wildman–Crippen LogP) is 3.01. The molecule has 0 saturated carbocycles. The third-order valence-electron chi connectivity index (χ3n) is 3.64. The fourth-order valence-corrected chi connectivity index (χ4v) is 2.39. The minimum absolute atomic E-state index is 0. The van der Waals surface area contributed by atoms with Crippen molar-refractivity contribution in [2.45, 2.75) is 20.3 Å². The zero-order valence-electron chi connectivity index (χ0n) is 13.8. The zero-order chi connectivity index (χ0) is 16.8. The summed E-state index contributed by atoms with van der Waals surface area (Å²) in [7, 11) is 0. The van der Waals surface area contributed by atoms with Gasteiger partial charge in [-0.25, -0.2) is 0 Å². The normalized spacial score (nSPS) is 13.8. The Morgan fingerprint density at radius 1 is 1.33 bits per heavy atom. The lowest BCUT2D eigenvalue weighted by Crippen LogP contribution is -2.29. The van der Waals surface area contributed by atoms with Gasteiger partial charge in [-0.2, -0.15) is 0 Å². The van der Waals surface area contributed by atoms with Crippen LogP contribution in [-0.4, -0.2) is 31.4 Å². The van der Waals surface area contributed by atoms with E-state index in [2.05, 4.69) is 22.0 Å². The quantitative estimate of drug-likeness (QED) is 0.696.